The van der Waals surface area contributed by atoms with Gasteiger partial charge in [-0.3, -0.25) is 9.59 Å². The van der Waals surface area contributed by atoms with Crippen LogP contribution in [0.25, 0.3) is 10.8 Å². The first-order valence-corrected chi connectivity index (χ1v) is 7.32. The van der Waals surface area contributed by atoms with E-state index < -0.39 is 0 Å². The highest BCUT2D eigenvalue weighted by atomic mass is 32.1. The standard InChI is InChI=1S/C14H17N3O3S/c1-14(2,3)17-11(18)7-15-12(19)9-8-21-13(16-9)10-5-4-6-20-10/h4-6,8H,7H2,1-3H3,(H,15,19)(H,17,18). The van der Waals surface area contributed by atoms with E-state index in [1.54, 1.807) is 23.8 Å². The Morgan fingerprint density at radius 2 is 2.14 bits per heavy atom. The second kappa shape index (κ2) is 6.09. The Morgan fingerprint density at radius 3 is 2.76 bits per heavy atom. The number of furan rings is 1. The van der Waals surface area contributed by atoms with Crippen molar-refractivity contribution in [2.75, 3.05) is 6.54 Å². The van der Waals surface area contributed by atoms with E-state index in [4.69, 9.17) is 4.42 Å². The van der Waals surface area contributed by atoms with Gasteiger partial charge in [-0.25, -0.2) is 4.98 Å². The molecule has 2 N–H and O–H groups in total. The van der Waals surface area contributed by atoms with Crippen LogP contribution >= 0.6 is 11.3 Å². The molecule has 0 radical (unpaired) electrons. The maximum absolute atomic E-state index is 11.9. The highest BCUT2D eigenvalue weighted by molar-refractivity contribution is 7.13. The van der Waals surface area contributed by atoms with Gasteiger partial charge in [0.05, 0.1) is 12.8 Å². The highest BCUT2D eigenvalue weighted by Gasteiger charge is 2.16. The average molecular weight is 307 g/mol. The quantitative estimate of drug-likeness (QED) is 0.905. The predicted molar refractivity (Wildman–Crippen MR) is 80.0 cm³/mol. The number of nitrogens with one attached hydrogen (secondary N) is 2. The van der Waals surface area contributed by atoms with Crippen LogP contribution in [0.3, 0.4) is 0 Å². The molecular formula is C14H17N3O3S. The Bertz CT molecular complexity index is 626. The van der Waals surface area contributed by atoms with Gasteiger partial charge in [-0.15, -0.1) is 11.3 Å². The van der Waals surface area contributed by atoms with Crippen molar-refractivity contribution in [1.82, 2.24) is 15.6 Å². The molecule has 0 aliphatic carbocycles. The molecule has 2 amide bonds. The van der Waals surface area contributed by atoms with Gasteiger partial charge in [0.1, 0.15) is 5.69 Å². The molecular weight excluding hydrogens is 290 g/mol. The SMILES string of the molecule is CC(C)(C)NC(=O)CNC(=O)c1csc(-c2ccco2)n1. The van der Waals surface area contributed by atoms with Crippen molar-refractivity contribution in [1.29, 1.82) is 0 Å². The Kier molecular flexibility index (Phi) is 4.42. The first-order chi connectivity index (χ1) is 9.85. The number of carbonyl (C=O) groups is 2. The average Bonchev–Trinajstić information content (AvgIpc) is 3.03. The van der Waals surface area contributed by atoms with Crippen molar-refractivity contribution in [3.8, 4) is 10.8 Å². The molecule has 0 fully saturated rings. The van der Waals surface area contributed by atoms with Crippen LogP contribution < -0.4 is 10.6 Å². The van der Waals surface area contributed by atoms with Gasteiger partial charge >= 0.3 is 0 Å². The third-order valence-electron chi connectivity index (χ3n) is 2.39. The number of aromatic nitrogens is 1. The molecule has 0 saturated carbocycles. The molecule has 0 atom stereocenters. The third-order valence-corrected chi connectivity index (χ3v) is 3.25. The van der Waals surface area contributed by atoms with Crippen molar-refractivity contribution >= 4 is 23.2 Å². The van der Waals surface area contributed by atoms with E-state index in [1.165, 1.54) is 11.3 Å². The van der Waals surface area contributed by atoms with Crippen LogP contribution in [0.15, 0.2) is 28.2 Å². The maximum atomic E-state index is 11.9. The molecule has 0 saturated heterocycles. The lowest BCUT2D eigenvalue weighted by molar-refractivity contribution is -0.121. The van der Waals surface area contributed by atoms with Gasteiger partial charge in [0.2, 0.25) is 5.91 Å². The lowest BCUT2D eigenvalue weighted by atomic mass is 10.1. The Hall–Kier alpha value is -2.15. The fourth-order valence-electron chi connectivity index (χ4n) is 1.61. The maximum Gasteiger partial charge on any atom is 0.271 e. The number of thiazole rings is 1. The second-order valence-corrected chi connectivity index (χ2v) is 6.35. The van der Waals surface area contributed by atoms with Crippen molar-refractivity contribution in [3.05, 3.63) is 29.5 Å². The zero-order chi connectivity index (χ0) is 15.5. The van der Waals surface area contributed by atoms with E-state index in [2.05, 4.69) is 15.6 Å². The number of amides is 2. The summed E-state index contributed by atoms with van der Waals surface area (Å²) in [5, 5.41) is 7.57. The van der Waals surface area contributed by atoms with Gasteiger partial charge in [-0.2, -0.15) is 0 Å². The minimum atomic E-state index is -0.381. The van der Waals surface area contributed by atoms with Crippen LogP contribution in [0, 0.1) is 0 Å². The molecule has 0 aliphatic rings. The molecule has 21 heavy (non-hydrogen) atoms. The Morgan fingerprint density at radius 1 is 1.38 bits per heavy atom. The van der Waals surface area contributed by atoms with Gasteiger partial charge < -0.3 is 15.1 Å². The first-order valence-electron chi connectivity index (χ1n) is 6.44. The number of hydrogen-bond acceptors (Lipinski definition) is 5. The summed E-state index contributed by atoms with van der Waals surface area (Å²) in [5.74, 6) is -0.00465. The van der Waals surface area contributed by atoms with Gasteiger partial charge in [0.15, 0.2) is 10.8 Å². The second-order valence-electron chi connectivity index (χ2n) is 5.50. The van der Waals surface area contributed by atoms with E-state index in [1.807, 2.05) is 20.8 Å². The number of rotatable bonds is 4. The zero-order valence-electron chi connectivity index (χ0n) is 12.1. The monoisotopic (exact) mass is 307 g/mol. The molecule has 2 rings (SSSR count). The summed E-state index contributed by atoms with van der Waals surface area (Å²) < 4.78 is 5.22. The van der Waals surface area contributed by atoms with Crippen LogP contribution in [0.5, 0.6) is 0 Å². The van der Waals surface area contributed by atoms with E-state index in [0.29, 0.717) is 10.8 Å². The fraction of sp³-hybridized carbons (Fsp3) is 0.357. The van der Waals surface area contributed by atoms with Crippen LogP contribution in [0.4, 0.5) is 0 Å². The van der Waals surface area contributed by atoms with Crippen molar-refractivity contribution in [2.45, 2.75) is 26.3 Å². The molecule has 0 spiro atoms. The van der Waals surface area contributed by atoms with Crippen molar-refractivity contribution < 1.29 is 14.0 Å². The molecule has 0 unspecified atom stereocenters. The third kappa shape index (κ3) is 4.42. The Labute approximate surface area is 126 Å². The Balaban J connectivity index is 1.91. The molecule has 7 heteroatoms. The molecule has 6 nitrogen and oxygen atoms in total. The molecule has 0 aromatic carbocycles. The van der Waals surface area contributed by atoms with E-state index in [-0.39, 0.29) is 29.6 Å². The van der Waals surface area contributed by atoms with Crippen molar-refractivity contribution in [2.24, 2.45) is 0 Å². The minimum Gasteiger partial charge on any atom is -0.462 e. The summed E-state index contributed by atoms with van der Waals surface area (Å²) in [7, 11) is 0. The summed E-state index contributed by atoms with van der Waals surface area (Å²) in [6.45, 7) is 5.55. The lowest BCUT2D eigenvalue weighted by Gasteiger charge is -2.20. The molecule has 2 aromatic heterocycles. The molecule has 2 heterocycles. The van der Waals surface area contributed by atoms with Gasteiger partial charge in [0.25, 0.3) is 5.91 Å². The first kappa shape index (κ1) is 15.2. The van der Waals surface area contributed by atoms with Gasteiger partial charge in [-0.1, -0.05) is 0 Å². The largest absolute Gasteiger partial charge is 0.462 e. The summed E-state index contributed by atoms with van der Waals surface area (Å²) in [5.41, 5.74) is -0.0514. The minimum absolute atomic E-state index is 0.0796. The summed E-state index contributed by atoms with van der Waals surface area (Å²) in [4.78, 5) is 27.7. The molecule has 0 aliphatic heterocycles. The van der Waals surface area contributed by atoms with E-state index >= 15 is 0 Å². The molecule has 0 bridgehead atoms. The summed E-state index contributed by atoms with van der Waals surface area (Å²) in [6, 6.07) is 3.53. The van der Waals surface area contributed by atoms with E-state index in [0.717, 1.165) is 0 Å². The number of nitrogens with zero attached hydrogens (tertiary/aromatic N) is 1. The zero-order valence-corrected chi connectivity index (χ0v) is 12.9. The normalized spacial score (nSPS) is 11.2. The molecule has 2 aromatic rings. The number of carbonyl (C=O) groups excluding carboxylic acids is 2. The van der Waals surface area contributed by atoms with Crippen molar-refractivity contribution in [3.63, 3.8) is 0 Å². The van der Waals surface area contributed by atoms with Crippen LogP contribution in [0.2, 0.25) is 0 Å². The van der Waals surface area contributed by atoms with Gasteiger partial charge in [0, 0.05) is 10.9 Å². The predicted octanol–water partition coefficient (Wildman–Crippen LogP) is 2.05. The van der Waals surface area contributed by atoms with Gasteiger partial charge in [-0.05, 0) is 32.9 Å². The van der Waals surface area contributed by atoms with Crippen LogP contribution in [-0.2, 0) is 4.79 Å². The fourth-order valence-corrected chi connectivity index (χ4v) is 2.37. The lowest BCUT2D eigenvalue weighted by Crippen LogP contribution is -2.45. The number of hydrogen-bond donors (Lipinski definition) is 2. The van der Waals surface area contributed by atoms with Crippen LogP contribution in [-0.4, -0.2) is 28.9 Å². The summed E-state index contributed by atoms with van der Waals surface area (Å²) in [6.07, 6.45) is 1.55. The topological polar surface area (TPSA) is 84.2 Å². The molecule has 112 valence electrons. The smallest absolute Gasteiger partial charge is 0.271 e. The summed E-state index contributed by atoms with van der Waals surface area (Å²) >= 11 is 1.31. The highest BCUT2D eigenvalue weighted by Crippen LogP contribution is 2.23. The van der Waals surface area contributed by atoms with Crippen LogP contribution in [0.1, 0.15) is 31.3 Å². The van der Waals surface area contributed by atoms with E-state index in [9.17, 15) is 9.59 Å².